The normalized spacial score (nSPS) is 12.0. The lowest BCUT2D eigenvalue weighted by Gasteiger charge is -2.12. The van der Waals surface area contributed by atoms with Gasteiger partial charge in [-0.1, -0.05) is 12.1 Å². The Morgan fingerprint density at radius 1 is 1.13 bits per heavy atom. The number of carbonyl (C=O) groups is 1. The van der Waals surface area contributed by atoms with Crippen LogP contribution in [0.1, 0.15) is 10.4 Å². The van der Waals surface area contributed by atoms with E-state index in [0.717, 1.165) is 9.69 Å². The predicted octanol–water partition coefficient (Wildman–Crippen LogP) is 3.61. The number of sulfonamides is 1. The summed E-state index contributed by atoms with van der Waals surface area (Å²) in [6.45, 7) is 0. The Morgan fingerprint density at radius 3 is 2.57 bits per heavy atom. The van der Waals surface area contributed by atoms with Crippen LogP contribution in [0.4, 0.5) is 0 Å². The Bertz CT molecular complexity index is 1410. The molecule has 0 spiro atoms. The van der Waals surface area contributed by atoms with Crippen molar-refractivity contribution in [2.75, 3.05) is 21.2 Å². The number of furan rings is 1. The number of fused-ring (bicyclic) bond motifs is 2. The van der Waals surface area contributed by atoms with Crippen molar-refractivity contribution < 1.29 is 27.5 Å². The molecule has 2 aromatic heterocycles. The number of carboxylic acids is 1. The quantitative estimate of drug-likeness (QED) is 0.519. The van der Waals surface area contributed by atoms with E-state index in [9.17, 15) is 18.3 Å². The standard InChI is InChI=1S/C21H18N2O6S/c1-23(2)30(26,27)13-7-8-16-14(10-13)15(21(24)25)11-17(22-16)19-9-12-5-4-6-18(28-3)20(12)29-19/h4-11H,1-3H3,(H,24,25). The number of pyridine rings is 1. The van der Waals surface area contributed by atoms with Gasteiger partial charge in [-0.15, -0.1) is 0 Å². The fraction of sp³-hybridized carbons (Fsp3) is 0.143. The third-order valence-electron chi connectivity index (χ3n) is 4.77. The number of nitrogens with zero attached hydrogens (tertiary/aromatic N) is 2. The van der Waals surface area contributed by atoms with Crippen LogP contribution in [-0.2, 0) is 10.0 Å². The molecule has 0 saturated carbocycles. The van der Waals surface area contributed by atoms with Crippen molar-refractivity contribution >= 4 is 37.9 Å². The van der Waals surface area contributed by atoms with Gasteiger partial charge in [-0.05, 0) is 36.4 Å². The van der Waals surface area contributed by atoms with Gasteiger partial charge in [-0.3, -0.25) is 0 Å². The molecule has 4 aromatic rings. The van der Waals surface area contributed by atoms with E-state index in [4.69, 9.17) is 9.15 Å². The molecule has 2 heterocycles. The van der Waals surface area contributed by atoms with Gasteiger partial charge in [0.25, 0.3) is 0 Å². The summed E-state index contributed by atoms with van der Waals surface area (Å²) in [5, 5.41) is 10.8. The maximum Gasteiger partial charge on any atom is 0.336 e. The summed E-state index contributed by atoms with van der Waals surface area (Å²) in [6.07, 6.45) is 0. The van der Waals surface area contributed by atoms with Crippen LogP contribution >= 0.6 is 0 Å². The number of benzene rings is 2. The van der Waals surface area contributed by atoms with Crippen LogP contribution in [-0.4, -0.2) is 50.0 Å². The number of aromatic nitrogens is 1. The number of hydrogen-bond acceptors (Lipinski definition) is 6. The van der Waals surface area contributed by atoms with E-state index >= 15 is 0 Å². The fourth-order valence-electron chi connectivity index (χ4n) is 3.20. The topological polar surface area (TPSA) is 110 Å². The minimum absolute atomic E-state index is 0.00877. The molecular formula is C21H18N2O6S. The van der Waals surface area contributed by atoms with E-state index < -0.39 is 16.0 Å². The number of methoxy groups -OCH3 is 1. The van der Waals surface area contributed by atoms with E-state index in [1.165, 1.54) is 45.5 Å². The molecule has 154 valence electrons. The Balaban J connectivity index is 1.94. The van der Waals surface area contributed by atoms with Crippen LogP contribution in [0, 0.1) is 0 Å². The van der Waals surface area contributed by atoms with Crippen LogP contribution < -0.4 is 4.74 Å². The molecule has 4 rings (SSSR count). The second kappa shape index (κ2) is 7.12. The summed E-state index contributed by atoms with van der Waals surface area (Å²) < 4.78 is 37.1. The molecule has 0 bridgehead atoms. The Hall–Kier alpha value is -3.43. The maximum atomic E-state index is 12.4. The van der Waals surface area contributed by atoms with Crippen molar-refractivity contribution in [1.82, 2.24) is 9.29 Å². The van der Waals surface area contributed by atoms with E-state index in [2.05, 4.69) is 4.98 Å². The molecule has 0 atom stereocenters. The molecule has 0 fully saturated rings. The SMILES string of the molecule is COc1cccc2cc(-c3cc(C(=O)O)c4cc(S(=O)(=O)N(C)C)ccc4n3)oc12. The molecule has 0 unspecified atom stereocenters. The number of ether oxygens (including phenoxy) is 1. The van der Waals surface area contributed by atoms with Crippen molar-refractivity contribution in [3.63, 3.8) is 0 Å². The lowest BCUT2D eigenvalue weighted by Crippen LogP contribution is -2.22. The highest BCUT2D eigenvalue weighted by Gasteiger charge is 2.21. The van der Waals surface area contributed by atoms with Crippen LogP contribution in [0.15, 0.2) is 57.8 Å². The minimum atomic E-state index is -3.72. The van der Waals surface area contributed by atoms with Crippen molar-refractivity contribution in [2.24, 2.45) is 0 Å². The van der Waals surface area contributed by atoms with E-state index in [1.807, 2.05) is 12.1 Å². The van der Waals surface area contributed by atoms with Crippen molar-refractivity contribution in [2.45, 2.75) is 4.90 Å². The molecule has 0 saturated heterocycles. The molecule has 1 N–H and O–H groups in total. The minimum Gasteiger partial charge on any atom is -0.493 e. The van der Waals surface area contributed by atoms with Gasteiger partial charge in [0.05, 0.1) is 23.1 Å². The Kier molecular flexibility index (Phi) is 4.71. The monoisotopic (exact) mass is 426 g/mol. The summed E-state index contributed by atoms with van der Waals surface area (Å²) in [5.41, 5.74) is 1.12. The number of rotatable bonds is 5. The number of aromatic carboxylic acids is 1. The molecule has 2 aromatic carbocycles. The Labute approximate surface area is 172 Å². The first-order chi connectivity index (χ1) is 14.2. The molecule has 0 aliphatic carbocycles. The van der Waals surface area contributed by atoms with Crippen molar-refractivity contribution in [3.05, 3.63) is 54.1 Å². The van der Waals surface area contributed by atoms with Gasteiger partial charge in [0.15, 0.2) is 17.1 Å². The van der Waals surface area contributed by atoms with Crippen LogP contribution in [0.2, 0.25) is 0 Å². The smallest absolute Gasteiger partial charge is 0.336 e. The van der Waals surface area contributed by atoms with E-state index in [1.54, 1.807) is 12.1 Å². The molecule has 0 aliphatic heterocycles. The summed E-state index contributed by atoms with van der Waals surface area (Å²) in [7, 11) is 0.640. The van der Waals surface area contributed by atoms with Crippen molar-refractivity contribution in [1.29, 1.82) is 0 Å². The van der Waals surface area contributed by atoms with Gasteiger partial charge >= 0.3 is 5.97 Å². The average Bonchev–Trinajstić information content (AvgIpc) is 3.16. The zero-order valence-corrected chi connectivity index (χ0v) is 17.2. The predicted molar refractivity (Wildman–Crippen MR) is 111 cm³/mol. The lowest BCUT2D eigenvalue weighted by molar-refractivity contribution is 0.0699. The first-order valence-corrected chi connectivity index (χ1v) is 10.3. The zero-order chi connectivity index (χ0) is 21.6. The van der Waals surface area contributed by atoms with Gasteiger partial charge in [-0.2, -0.15) is 0 Å². The third kappa shape index (κ3) is 3.17. The first kappa shape index (κ1) is 19.9. The first-order valence-electron chi connectivity index (χ1n) is 8.90. The summed E-state index contributed by atoms with van der Waals surface area (Å²) in [5.74, 6) is -0.267. The van der Waals surface area contributed by atoms with Crippen LogP contribution in [0.25, 0.3) is 33.3 Å². The summed E-state index contributed by atoms with van der Waals surface area (Å²) in [4.78, 5) is 16.4. The molecule has 30 heavy (non-hydrogen) atoms. The molecule has 0 amide bonds. The van der Waals surface area contributed by atoms with Gasteiger partial charge in [-0.25, -0.2) is 22.5 Å². The second-order valence-corrected chi connectivity index (χ2v) is 8.97. The number of para-hydroxylation sites is 1. The highest BCUT2D eigenvalue weighted by molar-refractivity contribution is 7.89. The number of hydrogen-bond donors (Lipinski definition) is 1. The van der Waals surface area contributed by atoms with E-state index in [-0.39, 0.29) is 15.8 Å². The van der Waals surface area contributed by atoms with Crippen LogP contribution in [0.3, 0.4) is 0 Å². The molecule has 9 heteroatoms. The maximum absolute atomic E-state index is 12.4. The fourth-order valence-corrected chi connectivity index (χ4v) is 4.13. The van der Waals surface area contributed by atoms with Gasteiger partial charge in [0.1, 0.15) is 5.69 Å². The van der Waals surface area contributed by atoms with Gasteiger partial charge < -0.3 is 14.3 Å². The number of carboxylic acid groups (broad SMARTS) is 1. The highest BCUT2D eigenvalue weighted by atomic mass is 32.2. The Morgan fingerprint density at radius 2 is 1.90 bits per heavy atom. The van der Waals surface area contributed by atoms with Crippen LogP contribution in [0.5, 0.6) is 5.75 Å². The summed E-state index contributed by atoms with van der Waals surface area (Å²) in [6, 6.07) is 12.8. The molecule has 0 radical (unpaired) electrons. The molecule has 8 nitrogen and oxygen atoms in total. The zero-order valence-electron chi connectivity index (χ0n) is 16.4. The van der Waals surface area contributed by atoms with Gasteiger partial charge in [0, 0.05) is 24.9 Å². The lowest BCUT2D eigenvalue weighted by atomic mass is 10.1. The molecule has 0 aliphatic rings. The third-order valence-corrected chi connectivity index (χ3v) is 6.58. The average molecular weight is 426 g/mol. The molecular weight excluding hydrogens is 408 g/mol. The largest absolute Gasteiger partial charge is 0.493 e. The summed E-state index contributed by atoms with van der Waals surface area (Å²) >= 11 is 0. The highest BCUT2D eigenvalue weighted by Crippen LogP contribution is 2.34. The van der Waals surface area contributed by atoms with E-state index in [0.29, 0.717) is 28.3 Å². The van der Waals surface area contributed by atoms with Gasteiger partial charge in [0.2, 0.25) is 10.0 Å². The van der Waals surface area contributed by atoms with Crippen molar-refractivity contribution in [3.8, 4) is 17.2 Å². The second-order valence-electron chi connectivity index (χ2n) is 6.82.